The molecule has 11 aromatic carbocycles. The molecule has 0 aliphatic heterocycles. The van der Waals surface area contributed by atoms with Crippen LogP contribution < -0.4 is 4.90 Å². The smallest absolute Gasteiger partial charge is 0.0562 e. The molecule has 1 N–H and O–H groups in total. The maximum Gasteiger partial charge on any atom is 0.0562 e. The van der Waals surface area contributed by atoms with E-state index in [1.807, 2.05) is 0 Å². The summed E-state index contributed by atoms with van der Waals surface area (Å²) in [5, 5.41) is 12.4. The minimum absolute atomic E-state index is 1.10. The van der Waals surface area contributed by atoms with Crippen molar-refractivity contribution in [3.8, 4) is 33.4 Å². The Kier molecular flexibility index (Phi) is 7.89. The summed E-state index contributed by atoms with van der Waals surface area (Å²) in [5.74, 6) is 0. The van der Waals surface area contributed by atoms with Gasteiger partial charge in [0.25, 0.3) is 0 Å². The zero-order valence-corrected chi connectivity index (χ0v) is 32.8. The van der Waals surface area contributed by atoms with Gasteiger partial charge >= 0.3 is 0 Å². The number of hydrogen-bond donors (Lipinski definition) is 1. The van der Waals surface area contributed by atoms with Crippen molar-refractivity contribution >= 4 is 82.0 Å². The number of rotatable bonds is 6. The quantitative estimate of drug-likeness (QED) is 0.167. The van der Waals surface area contributed by atoms with E-state index in [1.165, 1.54) is 81.7 Å². The van der Waals surface area contributed by atoms with E-state index in [0.29, 0.717) is 0 Å². The van der Waals surface area contributed by atoms with Crippen LogP contribution in [-0.2, 0) is 0 Å². The van der Waals surface area contributed by atoms with Gasteiger partial charge in [-0.25, -0.2) is 0 Å². The molecule has 2 nitrogen and oxygen atoms in total. The van der Waals surface area contributed by atoms with Crippen molar-refractivity contribution in [3.63, 3.8) is 0 Å². The molecule has 0 radical (unpaired) electrons. The molecule has 0 saturated heterocycles. The van der Waals surface area contributed by atoms with Gasteiger partial charge in [-0.2, -0.15) is 0 Å². The van der Waals surface area contributed by atoms with Crippen LogP contribution in [0.15, 0.2) is 224 Å². The number of fused-ring (bicyclic) bond motifs is 9. The third kappa shape index (κ3) is 5.42. The second kappa shape index (κ2) is 13.9. The number of aromatic nitrogens is 1. The molecule has 0 aliphatic rings. The van der Waals surface area contributed by atoms with Crippen LogP contribution in [-0.4, -0.2) is 4.98 Å². The standard InChI is InChI=1S/C58H38N2/c1-3-17-39(18-4-1)56-49-25-10-9-24-46(49)47-34-33-42(37-51(47)57(56)40-19-5-2-6-20-40)41-21-13-22-43(36-41)60(55-31-15-29-53-58(55)50-26-11-12-28-52(50)59-53)54-30-14-27-45-44-23-8-7-16-38(44)32-35-48(45)54/h1-37,59H. The highest BCUT2D eigenvalue weighted by Gasteiger charge is 2.22. The van der Waals surface area contributed by atoms with Crippen LogP contribution in [0.3, 0.4) is 0 Å². The topological polar surface area (TPSA) is 19.0 Å². The molecule has 0 amide bonds. The molecule has 2 heteroatoms. The molecule has 0 aliphatic carbocycles. The van der Waals surface area contributed by atoms with Crippen molar-refractivity contribution in [2.45, 2.75) is 0 Å². The van der Waals surface area contributed by atoms with E-state index in [0.717, 1.165) is 33.7 Å². The Morgan fingerprint density at radius 3 is 1.63 bits per heavy atom. The number of para-hydroxylation sites is 1. The lowest BCUT2D eigenvalue weighted by molar-refractivity contribution is 1.31. The van der Waals surface area contributed by atoms with Crippen molar-refractivity contribution in [1.29, 1.82) is 0 Å². The monoisotopic (exact) mass is 762 g/mol. The van der Waals surface area contributed by atoms with E-state index in [-0.39, 0.29) is 0 Å². The average molecular weight is 763 g/mol. The van der Waals surface area contributed by atoms with Crippen LogP contribution in [0.1, 0.15) is 0 Å². The maximum absolute atomic E-state index is 3.71. The second-order valence-electron chi connectivity index (χ2n) is 15.7. The fourth-order valence-electron chi connectivity index (χ4n) is 9.70. The third-order valence-electron chi connectivity index (χ3n) is 12.3. The Balaban J connectivity index is 1.12. The van der Waals surface area contributed by atoms with Gasteiger partial charge < -0.3 is 9.88 Å². The lowest BCUT2D eigenvalue weighted by Crippen LogP contribution is -2.11. The number of aromatic amines is 1. The minimum Gasteiger partial charge on any atom is -0.354 e. The van der Waals surface area contributed by atoms with Crippen LogP contribution in [0.2, 0.25) is 0 Å². The Labute approximate surface area is 348 Å². The number of benzene rings is 11. The first-order valence-electron chi connectivity index (χ1n) is 20.7. The first kappa shape index (κ1) is 34.1. The molecular weight excluding hydrogens is 725 g/mol. The van der Waals surface area contributed by atoms with Crippen molar-refractivity contribution < 1.29 is 0 Å². The average Bonchev–Trinajstić information content (AvgIpc) is 3.71. The summed E-state index contributed by atoms with van der Waals surface area (Å²) in [6.45, 7) is 0. The molecule has 0 saturated carbocycles. The zero-order valence-electron chi connectivity index (χ0n) is 32.8. The number of anilines is 3. The normalized spacial score (nSPS) is 11.7. The van der Waals surface area contributed by atoms with Gasteiger partial charge in [-0.05, 0) is 114 Å². The predicted octanol–water partition coefficient (Wildman–Crippen LogP) is 16.4. The molecule has 0 bridgehead atoms. The van der Waals surface area contributed by atoms with Crippen molar-refractivity contribution in [2.24, 2.45) is 0 Å². The second-order valence-corrected chi connectivity index (χ2v) is 15.7. The summed E-state index contributed by atoms with van der Waals surface area (Å²) in [5.41, 5.74) is 12.9. The number of H-pyrrole nitrogens is 1. The molecule has 0 spiro atoms. The van der Waals surface area contributed by atoms with Crippen molar-refractivity contribution in [1.82, 2.24) is 4.98 Å². The first-order valence-corrected chi connectivity index (χ1v) is 20.7. The van der Waals surface area contributed by atoms with E-state index in [4.69, 9.17) is 0 Å². The van der Waals surface area contributed by atoms with E-state index in [1.54, 1.807) is 0 Å². The molecule has 0 atom stereocenters. The molecule has 12 rings (SSSR count). The summed E-state index contributed by atoms with van der Waals surface area (Å²) in [4.78, 5) is 6.19. The van der Waals surface area contributed by atoms with Crippen molar-refractivity contribution in [3.05, 3.63) is 224 Å². The summed E-state index contributed by atoms with van der Waals surface area (Å²) in [7, 11) is 0. The lowest BCUT2D eigenvalue weighted by Gasteiger charge is -2.28. The van der Waals surface area contributed by atoms with Gasteiger partial charge in [-0.1, -0.05) is 182 Å². The largest absolute Gasteiger partial charge is 0.354 e. The van der Waals surface area contributed by atoms with Gasteiger partial charge in [-0.3, -0.25) is 0 Å². The van der Waals surface area contributed by atoms with Gasteiger partial charge in [-0.15, -0.1) is 0 Å². The molecule has 60 heavy (non-hydrogen) atoms. The van der Waals surface area contributed by atoms with Gasteiger partial charge in [0.2, 0.25) is 0 Å². The third-order valence-corrected chi connectivity index (χ3v) is 12.3. The number of hydrogen-bond acceptors (Lipinski definition) is 1. The summed E-state index contributed by atoms with van der Waals surface area (Å²) >= 11 is 0. The van der Waals surface area contributed by atoms with E-state index < -0.39 is 0 Å². The lowest BCUT2D eigenvalue weighted by atomic mass is 9.84. The zero-order chi connectivity index (χ0) is 39.6. The molecule has 0 fully saturated rings. The van der Waals surface area contributed by atoms with Crippen LogP contribution >= 0.6 is 0 Å². The molecule has 0 unspecified atom stereocenters. The van der Waals surface area contributed by atoms with Gasteiger partial charge in [0, 0.05) is 32.9 Å². The fourth-order valence-corrected chi connectivity index (χ4v) is 9.70. The molecule has 1 aromatic heterocycles. The summed E-state index contributed by atoms with van der Waals surface area (Å²) < 4.78 is 0. The Bertz CT molecular complexity index is 3600. The number of nitrogens with one attached hydrogen (secondary N) is 1. The van der Waals surface area contributed by atoms with Gasteiger partial charge in [0.15, 0.2) is 0 Å². The summed E-state index contributed by atoms with van der Waals surface area (Å²) in [6.07, 6.45) is 0. The van der Waals surface area contributed by atoms with Crippen molar-refractivity contribution in [2.75, 3.05) is 4.90 Å². The Morgan fingerprint density at radius 1 is 0.283 bits per heavy atom. The Morgan fingerprint density at radius 2 is 0.817 bits per heavy atom. The highest BCUT2D eigenvalue weighted by atomic mass is 15.1. The highest BCUT2D eigenvalue weighted by Crippen LogP contribution is 2.48. The van der Waals surface area contributed by atoms with Crippen LogP contribution in [0, 0.1) is 0 Å². The van der Waals surface area contributed by atoms with Crippen LogP contribution in [0.5, 0.6) is 0 Å². The minimum atomic E-state index is 1.10. The molecule has 12 aromatic rings. The van der Waals surface area contributed by atoms with Crippen LogP contribution in [0.4, 0.5) is 17.1 Å². The van der Waals surface area contributed by atoms with E-state index in [2.05, 4.69) is 234 Å². The van der Waals surface area contributed by atoms with Gasteiger partial charge in [0.1, 0.15) is 0 Å². The SMILES string of the molecule is c1ccc(-c2c(-c3ccccc3)c3cc(-c4cccc(N(c5cccc6c5ccc5ccccc56)c5cccc6[nH]c7ccccc7c56)c4)ccc3c3ccccc23)cc1. The first-order chi connectivity index (χ1) is 29.8. The molecular formula is C58H38N2. The van der Waals surface area contributed by atoms with Crippen LogP contribution in [0.25, 0.3) is 98.3 Å². The predicted molar refractivity (Wildman–Crippen MR) is 257 cm³/mol. The maximum atomic E-state index is 3.71. The van der Waals surface area contributed by atoms with E-state index in [9.17, 15) is 0 Å². The molecule has 1 heterocycles. The Hall–Kier alpha value is -7.94. The molecule has 280 valence electrons. The number of nitrogens with zero attached hydrogens (tertiary/aromatic N) is 1. The van der Waals surface area contributed by atoms with Gasteiger partial charge in [0.05, 0.1) is 11.4 Å². The van der Waals surface area contributed by atoms with E-state index >= 15 is 0 Å². The fraction of sp³-hybridized carbons (Fsp3) is 0. The highest BCUT2D eigenvalue weighted by molar-refractivity contribution is 6.22. The summed E-state index contributed by atoms with van der Waals surface area (Å²) in [6, 6.07) is 82.1.